The molecule has 1 saturated heterocycles. The zero-order chi connectivity index (χ0) is 14.8. The number of primary amides is 1. The van der Waals surface area contributed by atoms with Gasteiger partial charge in [-0.1, -0.05) is 11.6 Å². The summed E-state index contributed by atoms with van der Waals surface area (Å²) < 4.78 is 0. The van der Waals surface area contributed by atoms with Gasteiger partial charge >= 0.3 is 6.03 Å². The number of nitrogens with two attached hydrogens (primary N) is 1. The van der Waals surface area contributed by atoms with Gasteiger partial charge in [0.05, 0.1) is 5.52 Å². The van der Waals surface area contributed by atoms with E-state index in [9.17, 15) is 4.79 Å². The highest BCUT2D eigenvalue weighted by Gasteiger charge is 2.19. The fraction of sp³-hybridized carbons (Fsp3) is 0.357. The number of hydrogen-bond donors (Lipinski definition) is 1. The maximum atomic E-state index is 11.3. The minimum atomic E-state index is -0.365. The lowest BCUT2D eigenvalue weighted by molar-refractivity contribution is 0.211. The predicted octanol–water partition coefficient (Wildman–Crippen LogP) is 1.87. The molecule has 6 nitrogen and oxygen atoms in total. The van der Waals surface area contributed by atoms with Gasteiger partial charge in [0.1, 0.15) is 12.1 Å². The fourth-order valence-electron chi connectivity index (χ4n) is 2.62. The summed E-state index contributed by atoms with van der Waals surface area (Å²) in [5.41, 5.74) is 6.18. The third kappa shape index (κ3) is 2.85. The van der Waals surface area contributed by atoms with Crippen molar-refractivity contribution in [1.29, 1.82) is 0 Å². The summed E-state index contributed by atoms with van der Waals surface area (Å²) in [5, 5.41) is 1.62. The van der Waals surface area contributed by atoms with Crippen molar-refractivity contribution in [3.8, 4) is 0 Å². The Morgan fingerprint density at radius 2 is 2.05 bits per heavy atom. The first-order valence-electron chi connectivity index (χ1n) is 6.85. The van der Waals surface area contributed by atoms with Gasteiger partial charge in [0.15, 0.2) is 0 Å². The number of aromatic nitrogens is 2. The molecule has 1 aliphatic rings. The molecule has 2 aromatic rings. The second-order valence-corrected chi connectivity index (χ2v) is 5.46. The molecule has 3 rings (SSSR count). The Bertz CT molecular complexity index is 677. The number of benzene rings is 1. The maximum Gasteiger partial charge on any atom is 0.314 e. The first-order chi connectivity index (χ1) is 10.1. The van der Waals surface area contributed by atoms with Crippen LogP contribution in [-0.4, -0.2) is 47.1 Å². The monoisotopic (exact) mass is 305 g/mol. The number of carbonyl (C=O) groups is 1. The summed E-state index contributed by atoms with van der Waals surface area (Å²) in [6.07, 6.45) is 2.41. The van der Waals surface area contributed by atoms with Crippen LogP contribution in [-0.2, 0) is 0 Å². The number of rotatable bonds is 1. The maximum absolute atomic E-state index is 11.3. The second-order valence-electron chi connectivity index (χ2n) is 5.02. The number of halogens is 1. The van der Waals surface area contributed by atoms with Crippen LogP contribution in [0.25, 0.3) is 10.9 Å². The van der Waals surface area contributed by atoms with Gasteiger partial charge in [0, 0.05) is 36.6 Å². The van der Waals surface area contributed by atoms with Gasteiger partial charge in [-0.25, -0.2) is 14.8 Å². The van der Waals surface area contributed by atoms with Gasteiger partial charge in [-0.15, -0.1) is 0 Å². The molecule has 21 heavy (non-hydrogen) atoms. The molecular formula is C14H16ClN5O. The highest BCUT2D eigenvalue weighted by molar-refractivity contribution is 6.31. The minimum absolute atomic E-state index is 0.365. The molecule has 2 heterocycles. The lowest BCUT2D eigenvalue weighted by atomic mass is 10.2. The molecule has 0 radical (unpaired) electrons. The topological polar surface area (TPSA) is 75.4 Å². The van der Waals surface area contributed by atoms with E-state index in [1.54, 1.807) is 11.2 Å². The van der Waals surface area contributed by atoms with Crippen molar-refractivity contribution in [2.75, 3.05) is 31.1 Å². The van der Waals surface area contributed by atoms with Crippen LogP contribution in [0.3, 0.4) is 0 Å². The molecule has 110 valence electrons. The molecule has 1 aliphatic heterocycles. The summed E-state index contributed by atoms with van der Waals surface area (Å²) in [6.45, 7) is 2.82. The number of amides is 2. The van der Waals surface area contributed by atoms with E-state index in [0.29, 0.717) is 24.7 Å². The molecule has 2 N–H and O–H groups in total. The summed E-state index contributed by atoms with van der Waals surface area (Å²) >= 11 is 6.00. The Labute approximate surface area is 127 Å². The zero-order valence-corrected chi connectivity index (χ0v) is 12.3. The van der Waals surface area contributed by atoms with E-state index in [2.05, 4.69) is 14.9 Å². The van der Waals surface area contributed by atoms with E-state index in [1.807, 2.05) is 18.2 Å². The molecule has 0 aliphatic carbocycles. The van der Waals surface area contributed by atoms with Gasteiger partial charge in [0.2, 0.25) is 0 Å². The average molecular weight is 306 g/mol. The molecule has 0 bridgehead atoms. The highest BCUT2D eigenvalue weighted by Crippen LogP contribution is 2.26. The Morgan fingerprint density at radius 3 is 2.86 bits per heavy atom. The third-order valence-corrected chi connectivity index (χ3v) is 3.92. The van der Waals surface area contributed by atoms with E-state index in [1.165, 1.54) is 0 Å². The Kier molecular flexibility index (Phi) is 3.79. The van der Waals surface area contributed by atoms with Gasteiger partial charge in [0.25, 0.3) is 0 Å². The normalized spacial score (nSPS) is 16.0. The largest absolute Gasteiger partial charge is 0.354 e. The van der Waals surface area contributed by atoms with Crippen molar-refractivity contribution in [3.63, 3.8) is 0 Å². The van der Waals surface area contributed by atoms with E-state index >= 15 is 0 Å². The van der Waals surface area contributed by atoms with Gasteiger partial charge in [-0.3, -0.25) is 0 Å². The molecular weight excluding hydrogens is 290 g/mol. The first kappa shape index (κ1) is 13.9. The fourth-order valence-corrected chi connectivity index (χ4v) is 2.78. The van der Waals surface area contributed by atoms with Crippen molar-refractivity contribution in [2.45, 2.75) is 6.42 Å². The summed E-state index contributed by atoms with van der Waals surface area (Å²) in [5.74, 6) is 0.878. The quantitative estimate of drug-likeness (QED) is 0.873. The molecule has 1 aromatic carbocycles. The molecule has 1 aromatic heterocycles. The van der Waals surface area contributed by atoms with Gasteiger partial charge in [-0.05, 0) is 24.6 Å². The van der Waals surface area contributed by atoms with E-state index in [4.69, 9.17) is 17.3 Å². The van der Waals surface area contributed by atoms with Crippen molar-refractivity contribution in [1.82, 2.24) is 14.9 Å². The molecule has 2 amide bonds. The Balaban J connectivity index is 1.91. The third-order valence-electron chi connectivity index (χ3n) is 3.68. The predicted molar refractivity (Wildman–Crippen MR) is 82.5 cm³/mol. The molecule has 0 atom stereocenters. The number of urea groups is 1. The lowest BCUT2D eigenvalue weighted by Gasteiger charge is -2.23. The summed E-state index contributed by atoms with van der Waals surface area (Å²) in [4.78, 5) is 23.8. The van der Waals surface area contributed by atoms with Crippen LogP contribution >= 0.6 is 11.6 Å². The average Bonchev–Trinajstić information content (AvgIpc) is 2.72. The van der Waals surface area contributed by atoms with E-state index < -0.39 is 0 Å². The first-order valence-corrected chi connectivity index (χ1v) is 7.22. The van der Waals surface area contributed by atoms with Crippen LogP contribution < -0.4 is 10.6 Å². The van der Waals surface area contributed by atoms with E-state index in [0.717, 1.165) is 29.7 Å². The number of hydrogen-bond acceptors (Lipinski definition) is 4. The molecule has 0 saturated carbocycles. The molecule has 0 spiro atoms. The lowest BCUT2D eigenvalue weighted by Crippen LogP contribution is -2.38. The Morgan fingerprint density at radius 1 is 1.19 bits per heavy atom. The molecule has 0 unspecified atom stereocenters. The van der Waals surface area contributed by atoms with Crippen molar-refractivity contribution < 1.29 is 4.79 Å². The van der Waals surface area contributed by atoms with Crippen LogP contribution in [0.15, 0.2) is 24.5 Å². The van der Waals surface area contributed by atoms with Gasteiger partial charge in [-0.2, -0.15) is 0 Å². The summed E-state index contributed by atoms with van der Waals surface area (Å²) in [6, 6.07) is 5.24. The standard InChI is InChI=1S/C14H16ClN5O/c15-10-2-3-11-12(8-10)17-9-18-13(11)19-4-1-5-20(7-6-19)14(16)21/h2-3,8-9H,1,4-7H2,(H2,16,21). The van der Waals surface area contributed by atoms with Crippen LogP contribution in [0.4, 0.5) is 10.6 Å². The van der Waals surface area contributed by atoms with Gasteiger partial charge < -0.3 is 15.5 Å². The van der Waals surface area contributed by atoms with Crippen LogP contribution in [0.2, 0.25) is 5.02 Å². The van der Waals surface area contributed by atoms with Crippen LogP contribution in [0.5, 0.6) is 0 Å². The van der Waals surface area contributed by atoms with Crippen LogP contribution in [0.1, 0.15) is 6.42 Å². The SMILES string of the molecule is NC(=O)N1CCCN(c2ncnc3cc(Cl)ccc23)CC1. The second kappa shape index (κ2) is 5.73. The van der Waals surface area contributed by atoms with Crippen LogP contribution in [0, 0.1) is 0 Å². The molecule has 1 fully saturated rings. The number of nitrogens with zero attached hydrogens (tertiary/aromatic N) is 4. The smallest absolute Gasteiger partial charge is 0.314 e. The number of fused-ring (bicyclic) bond motifs is 1. The van der Waals surface area contributed by atoms with E-state index in [-0.39, 0.29) is 6.03 Å². The zero-order valence-electron chi connectivity index (χ0n) is 11.5. The highest BCUT2D eigenvalue weighted by atomic mass is 35.5. The van der Waals surface area contributed by atoms with Crippen molar-refractivity contribution in [3.05, 3.63) is 29.5 Å². The number of carbonyl (C=O) groups excluding carboxylic acids is 1. The Hall–Kier alpha value is -2.08. The minimum Gasteiger partial charge on any atom is -0.354 e. The molecule has 7 heteroatoms. The number of anilines is 1. The van der Waals surface area contributed by atoms with Crippen molar-refractivity contribution >= 4 is 34.4 Å². The summed E-state index contributed by atoms with van der Waals surface area (Å²) in [7, 11) is 0. The van der Waals surface area contributed by atoms with Crippen molar-refractivity contribution in [2.24, 2.45) is 5.73 Å².